The zero-order valence-corrected chi connectivity index (χ0v) is 19.1. The van der Waals surface area contributed by atoms with Crippen molar-refractivity contribution in [3.05, 3.63) is 93.5 Å². The third kappa shape index (κ3) is 3.96. The number of anilines is 1. The van der Waals surface area contributed by atoms with Gasteiger partial charge in [-0.2, -0.15) is 0 Å². The molecule has 0 aliphatic heterocycles. The predicted octanol–water partition coefficient (Wildman–Crippen LogP) is 7.00. The first kappa shape index (κ1) is 20.8. The van der Waals surface area contributed by atoms with Gasteiger partial charge in [0.05, 0.1) is 16.8 Å². The summed E-state index contributed by atoms with van der Waals surface area (Å²) in [6.07, 6.45) is 0. The number of nitrogens with one attached hydrogen (secondary N) is 1. The molecule has 0 saturated carbocycles. The molecular formula is C28H28N2O. The molecule has 31 heavy (non-hydrogen) atoms. The molecule has 0 spiro atoms. The number of hydrogen-bond donors (Lipinski definition) is 1. The van der Waals surface area contributed by atoms with Crippen LogP contribution in [0.2, 0.25) is 0 Å². The van der Waals surface area contributed by atoms with Gasteiger partial charge in [0.25, 0.3) is 5.91 Å². The lowest BCUT2D eigenvalue weighted by Gasteiger charge is -2.17. The highest BCUT2D eigenvalue weighted by Crippen LogP contribution is 2.33. The molecule has 0 fully saturated rings. The Morgan fingerprint density at radius 3 is 2.06 bits per heavy atom. The maximum atomic E-state index is 13.6. The molecule has 3 aromatic carbocycles. The SMILES string of the molecule is Cc1ccc(-c2nc3c(C)cc(C)cc3c(C(=O)Nc3ccc(C)cc3C)c2C)cc1. The van der Waals surface area contributed by atoms with Gasteiger partial charge in [-0.3, -0.25) is 4.79 Å². The smallest absolute Gasteiger partial charge is 0.256 e. The predicted molar refractivity (Wildman–Crippen MR) is 130 cm³/mol. The third-order valence-corrected chi connectivity index (χ3v) is 5.85. The van der Waals surface area contributed by atoms with Gasteiger partial charge in [-0.1, -0.05) is 59.2 Å². The topological polar surface area (TPSA) is 42.0 Å². The minimum atomic E-state index is -0.102. The van der Waals surface area contributed by atoms with Crippen molar-refractivity contribution in [1.82, 2.24) is 4.98 Å². The number of aromatic nitrogens is 1. The Labute approximate surface area is 184 Å². The van der Waals surface area contributed by atoms with Crippen LogP contribution in [0.3, 0.4) is 0 Å². The summed E-state index contributed by atoms with van der Waals surface area (Å²) in [6, 6.07) is 18.6. The largest absolute Gasteiger partial charge is 0.322 e. The van der Waals surface area contributed by atoms with Crippen LogP contribution >= 0.6 is 0 Å². The number of rotatable bonds is 3. The van der Waals surface area contributed by atoms with E-state index >= 15 is 0 Å². The highest BCUT2D eigenvalue weighted by atomic mass is 16.1. The maximum Gasteiger partial charge on any atom is 0.256 e. The van der Waals surface area contributed by atoms with Crippen LogP contribution in [0, 0.1) is 41.5 Å². The standard InChI is InChI=1S/C28H28N2O/c1-16-7-10-22(11-8-16)27-21(6)25(23-15-18(3)14-20(5)26(23)30-27)28(31)29-24-12-9-17(2)13-19(24)4/h7-15H,1-6H3,(H,29,31). The molecule has 3 nitrogen and oxygen atoms in total. The molecule has 0 radical (unpaired) electrons. The zero-order valence-electron chi connectivity index (χ0n) is 19.1. The highest BCUT2D eigenvalue weighted by molar-refractivity contribution is 6.15. The van der Waals surface area contributed by atoms with Gasteiger partial charge in [0, 0.05) is 16.6 Å². The van der Waals surface area contributed by atoms with Gasteiger partial charge in [-0.15, -0.1) is 0 Å². The first-order chi connectivity index (χ1) is 14.7. The average molecular weight is 409 g/mol. The van der Waals surface area contributed by atoms with Crippen LogP contribution in [0.25, 0.3) is 22.2 Å². The fraction of sp³-hybridized carbons (Fsp3) is 0.214. The van der Waals surface area contributed by atoms with Crippen molar-refractivity contribution in [2.24, 2.45) is 0 Å². The molecule has 1 N–H and O–H groups in total. The first-order valence-corrected chi connectivity index (χ1v) is 10.6. The van der Waals surface area contributed by atoms with E-state index in [1.807, 2.05) is 26.0 Å². The number of hydrogen-bond acceptors (Lipinski definition) is 2. The van der Waals surface area contributed by atoms with Crippen molar-refractivity contribution >= 4 is 22.5 Å². The Bertz CT molecular complexity index is 1320. The Morgan fingerprint density at radius 1 is 0.742 bits per heavy atom. The van der Waals surface area contributed by atoms with Crippen LogP contribution in [0.5, 0.6) is 0 Å². The quantitative estimate of drug-likeness (QED) is 0.396. The fourth-order valence-corrected chi connectivity index (χ4v) is 4.24. The van der Waals surface area contributed by atoms with E-state index in [0.717, 1.165) is 50.1 Å². The van der Waals surface area contributed by atoms with E-state index in [9.17, 15) is 4.79 Å². The molecule has 156 valence electrons. The van der Waals surface area contributed by atoms with Gasteiger partial charge in [0.1, 0.15) is 0 Å². The molecule has 0 saturated heterocycles. The molecular weight excluding hydrogens is 380 g/mol. The lowest BCUT2D eigenvalue weighted by Crippen LogP contribution is -2.16. The Kier molecular flexibility index (Phi) is 5.36. The minimum absolute atomic E-state index is 0.102. The monoisotopic (exact) mass is 408 g/mol. The molecule has 1 amide bonds. The summed E-state index contributed by atoms with van der Waals surface area (Å²) in [7, 11) is 0. The van der Waals surface area contributed by atoms with Crippen LogP contribution in [-0.2, 0) is 0 Å². The number of carbonyl (C=O) groups is 1. The summed E-state index contributed by atoms with van der Waals surface area (Å²) in [4.78, 5) is 18.6. The van der Waals surface area contributed by atoms with Gasteiger partial charge in [-0.25, -0.2) is 4.98 Å². The lowest BCUT2D eigenvalue weighted by atomic mass is 9.94. The molecule has 0 unspecified atom stereocenters. The molecule has 3 heteroatoms. The Balaban J connectivity index is 1.94. The number of nitrogens with zero attached hydrogens (tertiary/aromatic N) is 1. The highest BCUT2D eigenvalue weighted by Gasteiger charge is 2.21. The number of benzene rings is 3. The molecule has 0 aliphatic rings. The van der Waals surface area contributed by atoms with Gasteiger partial charge in [-0.05, 0) is 70.4 Å². The second-order valence-electron chi connectivity index (χ2n) is 8.58. The van der Waals surface area contributed by atoms with E-state index in [1.165, 1.54) is 11.1 Å². The number of carbonyl (C=O) groups excluding carboxylic acids is 1. The number of amides is 1. The van der Waals surface area contributed by atoms with E-state index in [-0.39, 0.29) is 5.91 Å². The van der Waals surface area contributed by atoms with Crippen molar-refractivity contribution in [2.45, 2.75) is 41.5 Å². The fourth-order valence-electron chi connectivity index (χ4n) is 4.24. The van der Waals surface area contributed by atoms with Crippen LogP contribution in [0.1, 0.15) is 43.7 Å². The van der Waals surface area contributed by atoms with E-state index in [2.05, 4.69) is 75.5 Å². The molecule has 4 aromatic rings. The lowest BCUT2D eigenvalue weighted by molar-refractivity contribution is 0.102. The summed E-state index contributed by atoms with van der Waals surface area (Å²) in [5.74, 6) is -0.102. The minimum Gasteiger partial charge on any atom is -0.322 e. The summed E-state index contributed by atoms with van der Waals surface area (Å²) in [5.41, 5.74) is 10.8. The van der Waals surface area contributed by atoms with Crippen LogP contribution in [0.15, 0.2) is 54.6 Å². The Morgan fingerprint density at radius 2 is 1.39 bits per heavy atom. The van der Waals surface area contributed by atoms with E-state index in [1.54, 1.807) is 0 Å². The second-order valence-corrected chi connectivity index (χ2v) is 8.58. The van der Waals surface area contributed by atoms with Gasteiger partial charge in [0.2, 0.25) is 0 Å². The third-order valence-electron chi connectivity index (χ3n) is 5.85. The Hall–Kier alpha value is -3.46. The molecule has 4 rings (SSSR count). The average Bonchev–Trinajstić information content (AvgIpc) is 2.70. The molecule has 1 aromatic heterocycles. The van der Waals surface area contributed by atoms with Gasteiger partial charge >= 0.3 is 0 Å². The van der Waals surface area contributed by atoms with Crippen molar-refractivity contribution < 1.29 is 4.79 Å². The van der Waals surface area contributed by atoms with Crippen molar-refractivity contribution in [3.8, 4) is 11.3 Å². The number of fused-ring (bicyclic) bond motifs is 1. The van der Waals surface area contributed by atoms with Crippen molar-refractivity contribution in [1.29, 1.82) is 0 Å². The number of aryl methyl sites for hydroxylation is 5. The molecule has 1 heterocycles. The van der Waals surface area contributed by atoms with E-state index in [4.69, 9.17) is 4.98 Å². The normalized spacial score (nSPS) is 11.0. The van der Waals surface area contributed by atoms with Gasteiger partial charge in [0.15, 0.2) is 0 Å². The molecule has 0 bridgehead atoms. The zero-order chi connectivity index (χ0) is 22.3. The summed E-state index contributed by atoms with van der Waals surface area (Å²) < 4.78 is 0. The van der Waals surface area contributed by atoms with Crippen molar-refractivity contribution in [2.75, 3.05) is 5.32 Å². The molecule has 0 aliphatic carbocycles. The van der Waals surface area contributed by atoms with E-state index < -0.39 is 0 Å². The summed E-state index contributed by atoms with van der Waals surface area (Å²) in [5, 5.41) is 4.04. The van der Waals surface area contributed by atoms with Crippen molar-refractivity contribution in [3.63, 3.8) is 0 Å². The van der Waals surface area contributed by atoms with Gasteiger partial charge < -0.3 is 5.32 Å². The first-order valence-electron chi connectivity index (χ1n) is 10.6. The summed E-state index contributed by atoms with van der Waals surface area (Å²) >= 11 is 0. The second kappa shape index (κ2) is 7.99. The van der Waals surface area contributed by atoms with E-state index in [0.29, 0.717) is 5.56 Å². The van der Waals surface area contributed by atoms with Crippen LogP contribution in [-0.4, -0.2) is 10.9 Å². The summed E-state index contributed by atoms with van der Waals surface area (Å²) in [6.45, 7) is 12.3. The van der Waals surface area contributed by atoms with Crippen LogP contribution in [0.4, 0.5) is 5.69 Å². The van der Waals surface area contributed by atoms with Crippen LogP contribution < -0.4 is 5.32 Å². The molecule has 0 atom stereocenters. The maximum absolute atomic E-state index is 13.6. The number of pyridine rings is 1.